The number of aromatic nitrogens is 1. The molecule has 160 valence electrons. The minimum absolute atomic E-state index is 0.221. The number of amides is 1. The Morgan fingerprint density at radius 2 is 1.97 bits per heavy atom. The molecule has 32 heavy (non-hydrogen) atoms. The third-order valence-corrected chi connectivity index (χ3v) is 5.90. The Hall–Kier alpha value is -3.64. The molecule has 0 saturated heterocycles. The first-order valence-electron chi connectivity index (χ1n) is 10.2. The number of ether oxygens (including phenoxy) is 1. The van der Waals surface area contributed by atoms with Gasteiger partial charge in [-0.1, -0.05) is 41.4 Å². The van der Waals surface area contributed by atoms with E-state index in [9.17, 15) is 4.79 Å². The van der Waals surface area contributed by atoms with Gasteiger partial charge in [-0.2, -0.15) is 5.10 Å². The summed E-state index contributed by atoms with van der Waals surface area (Å²) in [5.41, 5.74) is 4.38. The summed E-state index contributed by atoms with van der Waals surface area (Å²) < 4.78 is 10.6. The molecule has 1 aliphatic heterocycles. The van der Waals surface area contributed by atoms with Gasteiger partial charge in [0, 0.05) is 23.4 Å². The van der Waals surface area contributed by atoms with Crippen LogP contribution in [0.5, 0.6) is 5.75 Å². The van der Waals surface area contributed by atoms with Gasteiger partial charge in [0.05, 0.1) is 30.6 Å². The fourth-order valence-electron chi connectivity index (χ4n) is 3.87. The molecule has 0 radical (unpaired) electrons. The predicted octanol–water partition coefficient (Wildman–Crippen LogP) is 5.79. The zero-order valence-corrected chi connectivity index (χ0v) is 18.3. The van der Waals surface area contributed by atoms with Crippen LogP contribution in [0.2, 0.25) is 5.15 Å². The Morgan fingerprint density at radius 1 is 1.16 bits per heavy atom. The largest absolute Gasteiger partial charge is 0.497 e. The van der Waals surface area contributed by atoms with Gasteiger partial charge in [0.1, 0.15) is 10.9 Å². The molecule has 0 bridgehead atoms. The number of methoxy groups -OCH3 is 1. The van der Waals surface area contributed by atoms with Crippen molar-refractivity contribution in [3.63, 3.8) is 0 Å². The van der Waals surface area contributed by atoms with Crippen LogP contribution in [0.1, 0.15) is 39.7 Å². The van der Waals surface area contributed by atoms with Crippen LogP contribution in [-0.4, -0.2) is 28.7 Å². The number of halogens is 1. The topological polar surface area (TPSA) is 67.9 Å². The van der Waals surface area contributed by atoms with Gasteiger partial charge in [0.2, 0.25) is 0 Å². The molecule has 0 aliphatic carbocycles. The van der Waals surface area contributed by atoms with Crippen LogP contribution in [0.4, 0.5) is 0 Å². The minimum Gasteiger partial charge on any atom is -0.497 e. The van der Waals surface area contributed by atoms with Crippen LogP contribution in [0.25, 0.3) is 10.9 Å². The highest BCUT2D eigenvalue weighted by Crippen LogP contribution is 2.38. The second-order valence-corrected chi connectivity index (χ2v) is 8.04. The van der Waals surface area contributed by atoms with Crippen molar-refractivity contribution in [1.29, 1.82) is 0 Å². The third kappa shape index (κ3) is 3.63. The van der Waals surface area contributed by atoms with Gasteiger partial charge in [0.25, 0.3) is 0 Å². The van der Waals surface area contributed by atoms with Gasteiger partial charge >= 0.3 is 5.91 Å². The van der Waals surface area contributed by atoms with E-state index in [2.05, 4.69) is 10.1 Å². The minimum atomic E-state index is -0.407. The normalized spacial score (nSPS) is 15.8. The number of aryl methyl sites for hydroxylation is 1. The lowest BCUT2D eigenvalue weighted by atomic mass is 9.98. The Bertz CT molecular complexity index is 1330. The Morgan fingerprint density at radius 3 is 2.69 bits per heavy atom. The van der Waals surface area contributed by atoms with Crippen molar-refractivity contribution >= 4 is 34.1 Å². The first-order valence-corrected chi connectivity index (χ1v) is 10.6. The van der Waals surface area contributed by atoms with Crippen molar-refractivity contribution in [2.24, 2.45) is 5.10 Å². The lowest BCUT2D eigenvalue weighted by Crippen LogP contribution is -2.27. The molecule has 5 rings (SSSR count). The van der Waals surface area contributed by atoms with E-state index < -0.39 is 6.04 Å². The quantitative estimate of drug-likeness (QED) is 0.373. The van der Waals surface area contributed by atoms with Crippen molar-refractivity contribution in [3.05, 3.63) is 94.5 Å². The molecule has 6 nitrogen and oxygen atoms in total. The number of pyridine rings is 1. The van der Waals surface area contributed by atoms with E-state index in [1.54, 1.807) is 19.2 Å². The first-order chi connectivity index (χ1) is 15.5. The average Bonchev–Trinajstić information content (AvgIpc) is 3.49. The molecule has 2 aromatic carbocycles. The molecule has 1 atom stereocenters. The maximum atomic E-state index is 13.2. The molecule has 0 saturated carbocycles. The van der Waals surface area contributed by atoms with Crippen molar-refractivity contribution < 1.29 is 13.9 Å². The summed E-state index contributed by atoms with van der Waals surface area (Å²) in [7, 11) is 1.61. The fourth-order valence-corrected chi connectivity index (χ4v) is 4.15. The highest BCUT2D eigenvalue weighted by atomic mass is 35.5. The number of nitrogens with zero attached hydrogens (tertiary/aromatic N) is 3. The van der Waals surface area contributed by atoms with Gasteiger partial charge in [-0.25, -0.2) is 9.99 Å². The number of benzene rings is 2. The molecular formula is C25H20ClN3O3. The van der Waals surface area contributed by atoms with Crippen LogP contribution in [0.15, 0.2) is 76.4 Å². The number of fused-ring (bicyclic) bond motifs is 1. The highest BCUT2D eigenvalue weighted by molar-refractivity contribution is 6.30. The van der Waals surface area contributed by atoms with Crippen molar-refractivity contribution in [2.45, 2.75) is 19.4 Å². The maximum absolute atomic E-state index is 13.2. The molecule has 3 heterocycles. The molecule has 0 unspecified atom stereocenters. The first kappa shape index (κ1) is 20.3. The standard InChI is InChI=1S/C25H20ClN3O3/c1-15-5-7-16(8-6-15)21-14-22(29(28-21)25(30)23-4-3-11-32-23)19-12-17-9-10-18(31-2)13-20(17)27-24(19)26/h3-13,22H,14H2,1-2H3/t22-/m1/s1. The SMILES string of the molecule is COc1ccc2cc([C@H]3CC(c4ccc(C)cc4)=NN3C(=O)c3ccco3)c(Cl)nc2c1. The summed E-state index contributed by atoms with van der Waals surface area (Å²) in [6.07, 6.45) is 1.99. The zero-order chi connectivity index (χ0) is 22.2. The van der Waals surface area contributed by atoms with E-state index in [1.165, 1.54) is 11.3 Å². The van der Waals surface area contributed by atoms with Crippen molar-refractivity contribution in [1.82, 2.24) is 9.99 Å². The van der Waals surface area contributed by atoms with Gasteiger partial charge in [0.15, 0.2) is 5.76 Å². The van der Waals surface area contributed by atoms with Crippen molar-refractivity contribution in [3.8, 4) is 5.75 Å². The van der Waals surface area contributed by atoms with E-state index in [-0.39, 0.29) is 11.7 Å². The zero-order valence-electron chi connectivity index (χ0n) is 17.6. The van der Waals surface area contributed by atoms with E-state index >= 15 is 0 Å². The Labute approximate surface area is 190 Å². The summed E-state index contributed by atoms with van der Waals surface area (Å²) in [6, 6.07) is 18.6. The highest BCUT2D eigenvalue weighted by Gasteiger charge is 2.36. The molecule has 4 aromatic rings. The molecule has 0 fully saturated rings. The number of carbonyl (C=O) groups excluding carboxylic acids is 1. The fraction of sp³-hybridized carbons (Fsp3) is 0.160. The number of furan rings is 1. The van der Waals surface area contributed by atoms with Gasteiger partial charge in [-0.05, 0) is 42.8 Å². The number of hydrogen-bond acceptors (Lipinski definition) is 5. The van der Waals surface area contributed by atoms with Crippen molar-refractivity contribution in [2.75, 3.05) is 7.11 Å². The van der Waals surface area contributed by atoms with Gasteiger partial charge in [-0.3, -0.25) is 4.79 Å². The van der Waals surface area contributed by atoms with E-state index in [1.807, 2.05) is 55.5 Å². The number of carbonyl (C=O) groups is 1. The van der Waals surface area contributed by atoms with E-state index in [0.29, 0.717) is 17.3 Å². The second-order valence-electron chi connectivity index (χ2n) is 7.69. The summed E-state index contributed by atoms with van der Waals surface area (Å²) in [5, 5.41) is 7.36. The molecule has 0 N–H and O–H groups in total. The molecule has 1 amide bonds. The lowest BCUT2D eigenvalue weighted by Gasteiger charge is -2.22. The second kappa shape index (κ2) is 8.13. The average molecular weight is 446 g/mol. The van der Waals surface area contributed by atoms with E-state index in [0.717, 1.165) is 33.3 Å². The smallest absolute Gasteiger partial charge is 0.310 e. The molecule has 2 aromatic heterocycles. The van der Waals surface area contributed by atoms with Crippen LogP contribution in [0.3, 0.4) is 0 Å². The Kier molecular flexibility index (Phi) is 5.15. The summed E-state index contributed by atoms with van der Waals surface area (Å²) >= 11 is 6.62. The van der Waals surface area contributed by atoms with Crippen LogP contribution in [0, 0.1) is 6.92 Å². The van der Waals surface area contributed by atoms with E-state index in [4.69, 9.17) is 20.8 Å². The summed E-state index contributed by atoms with van der Waals surface area (Å²) in [6.45, 7) is 2.03. The predicted molar refractivity (Wildman–Crippen MR) is 123 cm³/mol. The van der Waals surface area contributed by atoms with Crippen LogP contribution >= 0.6 is 11.6 Å². The number of rotatable bonds is 4. The van der Waals surface area contributed by atoms with Crippen LogP contribution < -0.4 is 4.74 Å². The number of hydrazone groups is 1. The van der Waals surface area contributed by atoms with Crippen LogP contribution in [-0.2, 0) is 0 Å². The Balaban J connectivity index is 1.59. The van der Waals surface area contributed by atoms with Gasteiger partial charge < -0.3 is 9.15 Å². The molecule has 1 aliphatic rings. The maximum Gasteiger partial charge on any atom is 0.310 e. The molecule has 0 spiro atoms. The summed E-state index contributed by atoms with van der Waals surface area (Å²) in [4.78, 5) is 17.8. The molecular weight excluding hydrogens is 426 g/mol. The lowest BCUT2D eigenvalue weighted by molar-refractivity contribution is 0.0678. The monoisotopic (exact) mass is 445 g/mol. The third-order valence-electron chi connectivity index (χ3n) is 5.60. The van der Waals surface area contributed by atoms with Gasteiger partial charge in [-0.15, -0.1) is 0 Å². The molecule has 7 heteroatoms. The summed E-state index contributed by atoms with van der Waals surface area (Å²) in [5.74, 6) is 0.598. The number of hydrogen-bond donors (Lipinski definition) is 0.